The molecule has 0 bridgehead atoms. The summed E-state index contributed by atoms with van der Waals surface area (Å²) >= 11 is 5.96. The molecule has 0 radical (unpaired) electrons. The lowest BCUT2D eigenvalue weighted by Crippen LogP contribution is -2.46. The number of halogens is 1. The number of benzene rings is 1. The van der Waals surface area contributed by atoms with Crippen LogP contribution in [0.5, 0.6) is 0 Å². The summed E-state index contributed by atoms with van der Waals surface area (Å²) in [7, 11) is 0. The van der Waals surface area contributed by atoms with Gasteiger partial charge in [0, 0.05) is 29.0 Å². The molecule has 1 aromatic rings. The van der Waals surface area contributed by atoms with E-state index in [1.54, 1.807) is 12.1 Å². The summed E-state index contributed by atoms with van der Waals surface area (Å²) in [6.45, 7) is 4.06. The van der Waals surface area contributed by atoms with Crippen LogP contribution in [0.25, 0.3) is 0 Å². The predicted octanol–water partition coefficient (Wildman–Crippen LogP) is 3.92. The van der Waals surface area contributed by atoms with Crippen molar-refractivity contribution in [2.24, 2.45) is 5.92 Å². The SMILES string of the molecule is CCC(CC)C(=O)N[C@H]1CCCC(O)(C#Cc2cccc(Cl)c2)C1. The molecule has 130 valence electrons. The number of aliphatic hydroxyl groups is 1. The van der Waals surface area contributed by atoms with Gasteiger partial charge in [-0.25, -0.2) is 0 Å². The number of carbonyl (C=O) groups is 1. The standard InChI is InChI=1S/C20H26ClNO2/c1-3-16(4-2)19(23)22-18-9-6-11-20(24,14-18)12-10-15-7-5-8-17(21)13-15/h5,7-8,13,16,18,24H,3-4,6,9,11,14H2,1-2H3,(H,22,23)/t18-,20?/m0/s1. The van der Waals surface area contributed by atoms with Crippen LogP contribution in [-0.4, -0.2) is 22.7 Å². The molecule has 2 N–H and O–H groups in total. The maximum atomic E-state index is 12.3. The number of hydrogen-bond donors (Lipinski definition) is 2. The average Bonchev–Trinajstić information content (AvgIpc) is 2.54. The first-order chi connectivity index (χ1) is 11.5. The topological polar surface area (TPSA) is 49.3 Å². The van der Waals surface area contributed by atoms with Crippen molar-refractivity contribution in [3.05, 3.63) is 34.9 Å². The Hall–Kier alpha value is -1.50. The average molecular weight is 348 g/mol. The molecule has 24 heavy (non-hydrogen) atoms. The van der Waals surface area contributed by atoms with Crippen molar-refractivity contribution >= 4 is 17.5 Å². The number of nitrogens with one attached hydrogen (secondary N) is 1. The van der Waals surface area contributed by atoms with Gasteiger partial charge in [0.2, 0.25) is 5.91 Å². The molecule has 1 aliphatic rings. The van der Waals surface area contributed by atoms with Crippen LogP contribution in [0.15, 0.2) is 24.3 Å². The summed E-state index contributed by atoms with van der Waals surface area (Å²) in [5.74, 6) is 6.16. The molecule has 2 rings (SSSR count). The fraction of sp³-hybridized carbons (Fsp3) is 0.550. The molecule has 0 aliphatic heterocycles. The molecule has 2 atom stereocenters. The van der Waals surface area contributed by atoms with Gasteiger partial charge >= 0.3 is 0 Å². The third-order valence-electron chi connectivity index (χ3n) is 4.69. The van der Waals surface area contributed by atoms with Gasteiger partial charge in [0.15, 0.2) is 0 Å². The van der Waals surface area contributed by atoms with E-state index in [1.165, 1.54) is 0 Å². The lowest BCUT2D eigenvalue weighted by molar-refractivity contribution is -0.126. The van der Waals surface area contributed by atoms with Crippen LogP contribution < -0.4 is 5.32 Å². The minimum absolute atomic E-state index is 0.00879. The van der Waals surface area contributed by atoms with Crippen LogP contribution in [0.3, 0.4) is 0 Å². The summed E-state index contributed by atoms with van der Waals surface area (Å²) in [6.07, 6.45) is 4.55. The first-order valence-corrected chi connectivity index (χ1v) is 9.15. The van der Waals surface area contributed by atoms with Crippen LogP contribution >= 0.6 is 11.6 Å². The molecule has 0 spiro atoms. The van der Waals surface area contributed by atoms with Crippen LogP contribution in [0, 0.1) is 17.8 Å². The van der Waals surface area contributed by atoms with Gasteiger partial charge < -0.3 is 10.4 Å². The monoisotopic (exact) mass is 347 g/mol. The Balaban J connectivity index is 2.02. The highest BCUT2D eigenvalue weighted by molar-refractivity contribution is 6.30. The van der Waals surface area contributed by atoms with Crippen LogP contribution in [0.1, 0.15) is 57.9 Å². The van der Waals surface area contributed by atoms with Crippen LogP contribution in [0.4, 0.5) is 0 Å². The lowest BCUT2D eigenvalue weighted by atomic mass is 9.81. The predicted molar refractivity (Wildman–Crippen MR) is 97.8 cm³/mol. The van der Waals surface area contributed by atoms with E-state index >= 15 is 0 Å². The second-order valence-corrected chi connectivity index (χ2v) is 7.04. The van der Waals surface area contributed by atoms with Crippen molar-refractivity contribution < 1.29 is 9.90 Å². The van der Waals surface area contributed by atoms with Gasteiger partial charge in [0.1, 0.15) is 5.60 Å². The Morgan fingerprint density at radius 1 is 1.46 bits per heavy atom. The smallest absolute Gasteiger partial charge is 0.223 e. The second kappa shape index (κ2) is 8.55. The number of amides is 1. The Morgan fingerprint density at radius 2 is 2.21 bits per heavy atom. The summed E-state index contributed by atoms with van der Waals surface area (Å²) < 4.78 is 0. The van der Waals surface area contributed by atoms with E-state index in [4.69, 9.17) is 11.6 Å². The number of hydrogen-bond acceptors (Lipinski definition) is 2. The Morgan fingerprint density at radius 3 is 2.88 bits per heavy atom. The highest BCUT2D eigenvalue weighted by atomic mass is 35.5. The maximum absolute atomic E-state index is 12.3. The maximum Gasteiger partial charge on any atom is 0.223 e. The quantitative estimate of drug-likeness (QED) is 0.811. The largest absolute Gasteiger partial charge is 0.378 e. The van der Waals surface area contributed by atoms with E-state index in [-0.39, 0.29) is 17.9 Å². The van der Waals surface area contributed by atoms with E-state index < -0.39 is 5.60 Å². The molecule has 4 heteroatoms. The molecule has 1 fully saturated rings. The Bertz CT molecular complexity index is 630. The third-order valence-corrected chi connectivity index (χ3v) is 4.93. The number of carbonyl (C=O) groups excluding carboxylic acids is 1. The zero-order valence-corrected chi connectivity index (χ0v) is 15.2. The normalized spacial score (nSPS) is 23.5. The zero-order valence-electron chi connectivity index (χ0n) is 14.4. The Labute approximate surface area is 149 Å². The van der Waals surface area contributed by atoms with Gasteiger partial charge in [0.05, 0.1) is 0 Å². The van der Waals surface area contributed by atoms with Crippen molar-refractivity contribution in [1.29, 1.82) is 0 Å². The molecular formula is C20H26ClNO2. The van der Waals surface area contributed by atoms with Crippen molar-refractivity contribution in [3.63, 3.8) is 0 Å². The van der Waals surface area contributed by atoms with Gasteiger partial charge in [-0.05, 0) is 50.3 Å². The molecule has 0 heterocycles. The molecule has 1 amide bonds. The van der Waals surface area contributed by atoms with Crippen molar-refractivity contribution in [2.75, 3.05) is 0 Å². The summed E-state index contributed by atoms with van der Waals surface area (Å²) in [5, 5.41) is 14.5. The van der Waals surface area contributed by atoms with E-state index in [0.717, 1.165) is 31.2 Å². The minimum atomic E-state index is -1.05. The van der Waals surface area contributed by atoms with Gasteiger partial charge in [-0.3, -0.25) is 4.79 Å². The van der Waals surface area contributed by atoms with E-state index in [1.807, 2.05) is 26.0 Å². The summed E-state index contributed by atoms with van der Waals surface area (Å²) in [4.78, 5) is 12.3. The molecule has 0 saturated heterocycles. The lowest BCUT2D eigenvalue weighted by Gasteiger charge is -2.34. The number of rotatable bonds is 4. The van der Waals surface area contributed by atoms with Crippen molar-refractivity contribution in [2.45, 2.75) is 64.0 Å². The summed E-state index contributed by atoms with van der Waals surface area (Å²) in [5.41, 5.74) is -0.258. The first kappa shape index (κ1) is 18.8. The van der Waals surface area contributed by atoms with E-state index in [0.29, 0.717) is 17.9 Å². The third kappa shape index (κ3) is 5.26. The van der Waals surface area contributed by atoms with Gasteiger partial charge in [-0.15, -0.1) is 0 Å². The molecule has 1 saturated carbocycles. The summed E-state index contributed by atoms with van der Waals surface area (Å²) in [6, 6.07) is 7.29. The molecule has 1 aromatic carbocycles. The first-order valence-electron chi connectivity index (χ1n) is 8.77. The van der Waals surface area contributed by atoms with Crippen molar-refractivity contribution in [1.82, 2.24) is 5.32 Å². The van der Waals surface area contributed by atoms with E-state index in [2.05, 4.69) is 17.2 Å². The van der Waals surface area contributed by atoms with Crippen LogP contribution in [-0.2, 0) is 4.79 Å². The van der Waals surface area contributed by atoms with Crippen molar-refractivity contribution in [3.8, 4) is 11.8 Å². The van der Waals surface area contributed by atoms with E-state index in [9.17, 15) is 9.90 Å². The minimum Gasteiger partial charge on any atom is -0.378 e. The Kier molecular flexibility index (Phi) is 6.71. The van der Waals surface area contributed by atoms with Gasteiger partial charge in [-0.1, -0.05) is 43.4 Å². The molecular weight excluding hydrogens is 322 g/mol. The fourth-order valence-corrected chi connectivity index (χ4v) is 3.41. The molecule has 1 unspecified atom stereocenters. The highest BCUT2D eigenvalue weighted by Gasteiger charge is 2.34. The zero-order chi connectivity index (χ0) is 17.6. The highest BCUT2D eigenvalue weighted by Crippen LogP contribution is 2.28. The van der Waals surface area contributed by atoms with Gasteiger partial charge in [-0.2, -0.15) is 0 Å². The van der Waals surface area contributed by atoms with Crippen LogP contribution in [0.2, 0.25) is 5.02 Å². The molecule has 1 aliphatic carbocycles. The fourth-order valence-electron chi connectivity index (χ4n) is 3.22. The molecule has 3 nitrogen and oxygen atoms in total. The molecule has 0 aromatic heterocycles. The second-order valence-electron chi connectivity index (χ2n) is 6.61. The van der Waals surface area contributed by atoms with Gasteiger partial charge in [0.25, 0.3) is 0 Å².